The van der Waals surface area contributed by atoms with E-state index < -0.39 is 11.7 Å². The number of aromatic nitrogens is 15. The van der Waals surface area contributed by atoms with Gasteiger partial charge in [-0.2, -0.15) is 50.4 Å². The van der Waals surface area contributed by atoms with Crippen molar-refractivity contribution < 1.29 is 123 Å². The number of thioether (sulfide) groups is 2. The van der Waals surface area contributed by atoms with Gasteiger partial charge in [0, 0.05) is 177 Å². The molecule has 96 heavy (non-hydrogen) atoms. The summed E-state index contributed by atoms with van der Waals surface area (Å²) >= 11 is 3.65. The summed E-state index contributed by atoms with van der Waals surface area (Å²) in [5, 5.41) is 43.0. The largest absolute Gasteiger partial charge is 0.513 e. The molecule has 16 nitrogen and oxygen atoms in total. The Bertz CT molecular complexity index is 4050. The summed E-state index contributed by atoms with van der Waals surface area (Å²) in [5.74, 6) is 9.94. The Balaban J connectivity index is 0.000000188. The Morgan fingerprint density at radius 2 is 0.969 bits per heavy atom. The molecule has 27 heteroatoms. The van der Waals surface area contributed by atoms with E-state index in [-0.39, 0.29) is 106 Å². The monoisotopic (exact) mass is 2230 g/mol. The van der Waals surface area contributed by atoms with Crippen LogP contribution in [0.5, 0.6) is 5.75 Å². The molecule has 0 fully saturated rings. The van der Waals surface area contributed by atoms with E-state index in [4.69, 9.17) is 4.74 Å². The van der Waals surface area contributed by atoms with E-state index in [1.54, 1.807) is 30.8 Å². The van der Waals surface area contributed by atoms with Crippen LogP contribution in [0.25, 0.3) is 56.9 Å². The Labute approximate surface area is 635 Å². The summed E-state index contributed by atoms with van der Waals surface area (Å²) in [6.45, 7) is 13.6. The van der Waals surface area contributed by atoms with Crippen LogP contribution in [0.3, 0.4) is 0 Å². The second-order valence-electron chi connectivity index (χ2n) is 22.9. The number of hydrogen-bond acceptors (Lipinski definition) is 13. The number of aryl methyl sites for hydroxylation is 6. The maximum Gasteiger partial charge on any atom is 0.399 e. The van der Waals surface area contributed by atoms with Crippen molar-refractivity contribution in [1.29, 1.82) is 0 Å². The molecule has 10 heterocycles. The number of nitrogens with zero attached hydrogens (tertiary/aromatic N) is 15. The fourth-order valence-corrected chi connectivity index (χ4v) is 13.0. The molecule has 5 aromatic heterocycles. The van der Waals surface area contributed by atoms with Gasteiger partial charge in [0.15, 0.2) is 0 Å². The molecule has 0 aliphatic carbocycles. The molecule has 5 aliphatic rings. The third-order valence-corrected chi connectivity index (χ3v) is 18.4. The first-order valence-electron chi connectivity index (χ1n) is 31.6. The van der Waals surface area contributed by atoms with E-state index in [2.05, 4.69) is 144 Å². The van der Waals surface area contributed by atoms with Gasteiger partial charge in [0.1, 0.15) is 29.1 Å². The topological polar surface area (TPSA) is 163 Å². The Hall–Kier alpha value is -4.73. The van der Waals surface area contributed by atoms with Crippen LogP contribution < -0.4 is 4.74 Å². The predicted molar refractivity (Wildman–Crippen MR) is 344 cm³/mol. The molecule has 0 amide bonds. The molecule has 10 aromatic rings. The van der Waals surface area contributed by atoms with Crippen LogP contribution in [0, 0.1) is 43.1 Å². The minimum Gasteiger partial charge on any atom is -0.513 e. The van der Waals surface area contributed by atoms with Crippen molar-refractivity contribution >= 4 is 23.5 Å². The normalized spacial score (nSPS) is 14.2. The second kappa shape index (κ2) is 38.7. The van der Waals surface area contributed by atoms with Crippen LogP contribution in [-0.4, -0.2) is 91.9 Å². The van der Waals surface area contributed by atoms with Crippen LogP contribution in [0.15, 0.2) is 94.7 Å². The van der Waals surface area contributed by atoms with Crippen molar-refractivity contribution in [1.82, 2.24) is 73.8 Å². The number of benzene rings is 5. The van der Waals surface area contributed by atoms with Crippen molar-refractivity contribution in [3.63, 3.8) is 0 Å². The zero-order chi connectivity index (χ0) is 63.3. The Morgan fingerprint density at radius 1 is 0.510 bits per heavy atom. The molecular weight excluding hydrogens is 2160 g/mol. The minimum absolute atomic E-state index is 0. The van der Waals surface area contributed by atoms with Crippen LogP contribution in [0.2, 0.25) is 0 Å². The average Bonchev–Trinajstić information content (AvgIpc) is 1.60. The predicted octanol–water partition coefficient (Wildman–Crippen LogP) is 14.9. The van der Waals surface area contributed by atoms with Crippen molar-refractivity contribution in [2.45, 2.75) is 184 Å². The van der Waals surface area contributed by atoms with Gasteiger partial charge in [0.2, 0.25) is 0 Å². The van der Waals surface area contributed by atoms with E-state index in [1.807, 2.05) is 53.6 Å². The second-order valence-corrected chi connectivity index (χ2v) is 25.3. The summed E-state index contributed by atoms with van der Waals surface area (Å²) in [7, 11) is 0. The number of halogens is 4. The smallest absolute Gasteiger partial charge is 0.399 e. The van der Waals surface area contributed by atoms with Crippen LogP contribution in [0.4, 0.5) is 17.6 Å². The Kier molecular flexibility index (Phi) is 32.4. The summed E-state index contributed by atoms with van der Waals surface area (Å²) < 4.78 is 67.6. The number of rotatable bonds is 11. The van der Waals surface area contributed by atoms with E-state index in [0.717, 1.165) is 177 Å². The number of ether oxygens (including phenoxy) is 1. The van der Waals surface area contributed by atoms with Crippen LogP contribution >= 0.6 is 23.5 Å². The van der Waals surface area contributed by atoms with E-state index in [1.165, 1.54) is 66.9 Å². The molecule has 0 saturated heterocycles. The fraction of sp³-hybridized carbons (Fsp3) is 0.420. The van der Waals surface area contributed by atoms with Crippen LogP contribution in [0.1, 0.15) is 132 Å². The van der Waals surface area contributed by atoms with Crippen molar-refractivity contribution in [2.75, 3.05) is 12.9 Å². The Morgan fingerprint density at radius 3 is 1.43 bits per heavy atom. The molecule has 5 radical (unpaired) electrons. The SMILES string of the molecule is CCC(C)Sc1ccc[c-]c1-c1nnc2n1CCCC2.CCOc1cc[c-]c(-c2nnc3n2CCCC3)c1.CSc1cc[c-]c(-c2nnc3n2CCCC3)c1.Cc1cc(-c2nnc3n2CCCC3)[c-]c(C(F)(F)F)c1.Fc1c[c-]c(-c2nnc3n2CCCC3)cc1.[Ir].[Ir].[Ir].[Ir].[Ir]. The molecule has 1 atom stereocenters. The van der Waals surface area contributed by atoms with Gasteiger partial charge >= 0.3 is 6.18 Å². The zero-order valence-electron chi connectivity index (χ0n) is 53.8. The molecule has 15 rings (SSSR count). The summed E-state index contributed by atoms with van der Waals surface area (Å²) in [6.07, 6.45) is 15.5. The van der Waals surface area contributed by atoms with Gasteiger partial charge < -0.3 is 27.6 Å². The molecule has 0 bridgehead atoms. The molecule has 1 unspecified atom stereocenters. The fourth-order valence-electron chi connectivity index (χ4n) is 11.6. The number of alkyl halides is 3. The molecule has 5 aromatic carbocycles. The van der Waals surface area contributed by atoms with Gasteiger partial charge in [-0.15, -0.1) is 174 Å². The molecular formula is C69H74F4Ir5N15OS2-5. The van der Waals surface area contributed by atoms with Gasteiger partial charge in [-0.3, -0.25) is 4.39 Å². The minimum atomic E-state index is -4.40. The van der Waals surface area contributed by atoms with E-state index in [0.29, 0.717) is 28.8 Å². The van der Waals surface area contributed by atoms with E-state index >= 15 is 0 Å². The maximum atomic E-state index is 12.9. The molecule has 521 valence electrons. The van der Waals surface area contributed by atoms with Crippen molar-refractivity contribution in [2.24, 2.45) is 0 Å². The molecule has 0 spiro atoms. The van der Waals surface area contributed by atoms with Gasteiger partial charge in [-0.25, -0.2) is 0 Å². The summed E-state index contributed by atoms with van der Waals surface area (Å²) in [4.78, 5) is 2.51. The third kappa shape index (κ3) is 20.3. The standard InChI is InChI=1S/C16H20N3S.C14H13F3N3.C14H16N3O.C13H14N3S.C12H11FN3.5Ir/c1-3-12(2)20-14-9-5-4-8-13(14)16-18-17-15-10-6-7-11-19(15)16;1-9-6-10(8-11(7-9)14(15,16)17)13-19-18-12-4-2-3-5-20(12)13;1-2-18-12-7-5-6-11(10-12)14-16-15-13-8-3-4-9-17(13)14;1-17-11-6-4-5-10(9-11)13-15-14-12-7-2-3-8-16(12)13;13-10-6-4-9(5-7-10)12-15-14-11-3-1-2-8-16(11)12;;;;;/h4-5,9,12H,3,6-7,10-11H2,1-2H3;6-7H,2-5H2,1H3;5,7,10H,2-4,8-9H2,1H3;4,6,9H,2-3,7-8H2,1H3;4,6-7H,1-3,8H2;;;;;/q5*-1;;;;;. The van der Waals surface area contributed by atoms with Gasteiger partial charge in [0.05, 0.1) is 35.7 Å². The first kappa shape index (κ1) is 80.2. The van der Waals surface area contributed by atoms with Gasteiger partial charge in [0.25, 0.3) is 0 Å². The van der Waals surface area contributed by atoms with Crippen molar-refractivity contribution in [3.05, 3.63) is 161 Å². The van der Waals surface area contributed by atoms with Crippen LogP contribution in [-0.2, 0) is 172 Å². The number of fused-ring (bicyclic) bond motifs is 5. The van der Waals surface area contributed by atoms with Gasteiger partial charge in [-0.1, -0.05) is 42.2 Å². The van der Waals surface area contributed by atoms with Crippen molar-refractivity contribution in [3.8, 4) is 62.7 Å². The zero-order valence-corrected chi connectivity index (χ0v) is 67.4. The first-order valence-corrected chi connectivity index (χ1v) is 33.7. The molecule has 0 N–H and O–H groups in total. The molecule has 5 aliphatic heterocycles. The third-order valence-electron chi connectivity index (χ3n) is 16.4. The molecule has 0 saturated carbocycles. The van der Waals surface area contributed by atoms with E-state index in [9.17, 15) is 17.6 Å². The maximum absolute atomic E-state index is 12.9. The number of hydrogen-bond donors (Lipinski definition) is 0. The van der Waals surface area contributed by atoms with Gasteiger partial charge in [-0.05, 0) is 94.6 Å². The summed E-state index contributed by atoms with van der Waals surface area (Å²) in [6, 6.07) is 40.5. The summed E-state index contributed by atoms with van der Waals surface area (Å²) in [5.41, 5.74) is 4.07. The quantitative estimate of drug-likeness (QED) is 0.0684. The first-order chi connectivity index (χ1) is 44.3. The average molecular weight is 2230 g/mol.